The molecule has 4 aromatic carbocycles. The highest BCUT2D eigenvalue weighted by molar-refractivity contribution is 6.20. The Morgan fingerprint density at radius 3 is 2.28 bits per heavy atom. The molecular formula is C32H26O7. The van der Waals surface area contributed by atoms with Crippen molar-refractivity contribution in [3.8, 4) is 23.0 Å². The molecule has 1 N–H and O–H groups in total. The van der Waals surface area contributed by atoms with Gasteiger partial charge in [-0.2, -0.15) is 0 Å². The van der Waals surface area contributed by atoms with Crippen molar-refractivity contribution in [3.63, 3.8) is 0 Å². The first-order valence-electron chi connectivity index (χ1n) is 12.5. The quantitative estimate of drug-likeness (QED) is 0.310. The van der Waals surface area contributed by atoms with Crippen molar-refractivity contribution in [2.45, 2.75) is 18.8 Å². The summed E-state index contributed by atoms with van der Waals surface area (Å²) in [5.41, 5.74) is 3.66. The standard InChI is InChI=1S/C32H26O7/c1-35-25-14-10-24(11-15-25)32(34)27(30(31(33)39-32)23-9-16-28-29(18-23)38-20-37-28)17-21-7-12-26(13-8-21)36-19-22-5-3-2-4-6-22/h2-16,18,34H,17,19-20H2,1H3. The summed E-state index contributed by atoms with van der Waals surface area (Å²) in [6.45, 7) is 0.572. The summed E-state index contributed by atoms with van der Waals surface area (Å²) in [4.78, 5) is 13.3. The fourth-order valence-corrected chi connectivity index (χ4v) is 4.79. The van der Waals surface area contributed by atoms with Crippen LogP contribution in [0.15, 0.2) is 103 Å². The van der Waals surface area contributed by atoms with E-state index in [0.717, 1.165) is 16.9 Å². The third-order valence-electron chi connectivity index (χ3n) is 6.85. The average Bonchev–Trinajstić information content (AvgIpc) is 3.54. The molecule has 6 rings (SSSR count). The van der Waals surface area contributed by atoms with E-state index in [0.29, 0.717) is 40.6 Å². The number of hydrogen-bond acceptors (Lipinski definition) is 7. The molecule has 0 aromatic heterocycles. The molecule has 4 aromatic rings. The van der Waals surface area contributed by atoms with Crippen molar-refractivity contribution in [2.24, 2.45) is 0 Å². The summed E-state index contributed by atoms with van der Waals surface area (Å²) >= 11 is 0. The van der Waals surface area contributed by atoms with Crippen molar-refractivity contribution < 1.29 is 33.6 Å². The molecule has 0 saturated carbocycles. The minimum absolute atomic E-state index is 0.115. The highest BCUT2D eigenvalue weighted by Gasteiger charge is 2.48. The predicted molar refractivity (Wildman–Crippen MR) is 143 cm³/mol. The zero-order valence-corrected chi connectivity index (χ0v) is 21.3. The Hall–Kier alpha value is -4.75. The van der Waals surface area contributed by atoms with Gasteiger partial charge in [-0.25, -0.2) is 4.79 Å². The maximum absolute atomic E-state index is 13.3. The van der Waals surface area contributed by atoms with Gasteiger partial charge < -0.3 is 28.8 Å². The lowest BCUT2D eigenvalue weighted by Gasteiger charge is -2.26. The molecule has 0 fully saturated rings. The number of benzene rings is 4. The van der Waals surface area contributed by atoms with Crippen LogP contribution in [-0.2, 0) is 28.3 Å². The molecule has 0 bridgehead atoms. The fourth-order valence-electron chi connectivity index (χ4n) is 4.79. The topological polar surface area (TPSA) is 83.5 Å². The Morgan fingerprint density at radius 1 is 0.821 bits per heavy atom. The predicted octanol–water partition coefficient (Wildman–Crippen LogP) is 5.40. The number of carbonyl (C=O) groups excluding carboxylic acids is 1. The first-order valence-corrected chi connectivity index (χ1v) is 12.5. The Balaban J connectivity index is 1.35. The van der Waals surface area contributed by atoms with Crippen molar-refractivity contribution in [1.29, 1.82) is 0 Å². The van der Waals surface area contributed by atoms with Crippen LogP contribution in [-0.4, -0.2) is 25.0 Å². The van der Waals surface area contributed by atoms with Crippen LogP contribution >= 0.6 is 0 Å². The van der Waals surface area contributed by atoms with Gasteiger partial charge in [-0.3, -0.25) is 0 Å². The first kappa shape index (κ1) is 24.6. The molecule has 0 saturated heterocycles. The molecule has 2 heterocycles. The Bertz CT molecular complexity index is 1530. The highest BCUT2D eigenvalue weighted by Crippen LogP contribution is 2.46. The number of ether oxygens (including phenoxy) is 5. The van der Waals surface area contributed by atoms with E-state index in [-0.39, 0.29) is 18.8 Å². The van der Waals surface area contributed by atoms with E-state index in [1.165, 1.54) is 0 Å². The van der Waals surface area contributed by atoms with E-state index in [4.69, 9.17) is 23.7 Å². The van der Waals surface area contributed by atoms with Gasteiger partial charge in [0.15, 0.2) is 11.5 Å². The Labute approximate surface area is 225 Å². The van der Waals surface area contributed by atoms with E-state index in [2.05, 4.69) is 0 Å². The lowest BCUT2D eigenvalue weighted by atomic mass is 9.88. The van der Waals surface area contributed by atoms with Gasteiger partial charge in [0.2, 0.25) is 6.79 Å². The van der Waals surface area contributed by atoms with Gasteiger partial charge in [0.25, 0.3) is 5.79 Å². The number of rotatable bonds is 8. The number of methoxy groups -OCH3 is 1. The Morgan fingerprint density at radius 2 is 1.54 bits per heavy atom. The van der Waals surface area contributed by atoms with Crippen LogP contribution in [0, 0.1) is 0 Å². The third-order valence-corrected chi connectivity index (χ3v) is 6.85. The second kappa shape index (κ2) is 10.2. The fraction of sp³-hybridized carbons (Fsp3) is 0.156. The van der Waals surface area contributed by atoms with Gasteiger partial charge in [-0.1, -0.05) is 48.5 Å². The molecule has 2 aliphatic rings. The van der Waals surface area contributed by atoms with Crippen molar-refractivity contribution in [1.82, 2.24) is 0 Å². The summed E-state index contributed by atoms with van der Waals surface area (Å²) in [5.74, 6) is -0.103. The molecule has 0 amide bonds. The summed E-state index contributed by atoms with van der Waals surface area (Å²) in [5, 5.41) is 11.9. The maximum Gasteiger partial charge on any atom is 0.342 e. The normalized spacial score (nSPS) is 17.7. The monoisotopic (exact) mass is 522 g/mol. The number of aliphatic hydroxyl groups is 1. The molecular weight excluding hydrogens is 496 g/mol. The van der Waals surface area contributed by atoms with Gasteiger partial charge in [0.05, 0.1) is 12.7 Å². The Kier molecular flexibility index (Phi) is 6.42. The van der Waals surface area contributed by atoms with Crippen molar-refractivity contribution >= 4 is 11.5 Å². The van der Waals surface area contributed by atoms with Crippen molar-refractivity contribution in [2.75, 3.05) is 13.9 Å². The van der Waals surface area contributed by atoms with Gasteiger partial charge in [-0.15, -0.1) is 0 Å². The van der Waals surface area contributed by atoms with Gasteiger partial charge >= 0.3 is 5.97 Å². The third kappa shape index (κ3) is 4.80. The lowest BCUT2D eigenvalue weighted by Crippen LogP contribution is -2.29. The van der Waals surface area contributed by atoms with Gasteiger partial charge in [0, 0.05) is 17.6 Å². The van der Waals surface area contributed by atoms with Gasteiger partial charge in [-0.05, 0) is 65.2 Å². The molecule has 1 atom stereocenters. The largest absolute Gasteiger partial charge is 0.497 e. The molecule has 7 heteroatoms. The molecule has 196 valence electrons. The first-order chi connectivity index (χ1) is 19.0. The summed E-state index contributed by atoms with van der Waals surface area (Å²) in [6.07, 6.45) is 0.261. The van der Waals surface area contributed by atoms with Crippen LogP contribution in [0.25, 0.3) is 5.57 Å². The number of hydrogen-bond donors (Lipinski definition) is 1. The molecule has 0 spiro atoms. The summed E-state index contributed by atoms with van der Waals surface area (Å²) in [6, 6.07) is 29.6. The van der Waals surface area contributed by atoms with Gasteiger partial charge in [0.1, 0.15) is 18.1 Å². The van der Waals surface area contributed by atoms with Crippen LogP contribution in [0.4, 0.5) is 0 Å². The molecule has 39 heavy (non-hydrogen) atoms. The number of esters is 1. The smallest absolute Gasteiger partial charge is 0.342 e. The molecule has 7 nitrogen and oxygen atoms in total. The zero-order valence-electron chi connectivity index (χ0n) is 21.3. The molecule has 2 aliphatic heterocycles. The molecule has 1 unspecified atom stereocenters. The number of carbonyl (C=O) groups is 1. The van der Waals surface area contributed by atoms with Crippen LogP contribution in [0.1, 0.15) is 22.3 Å². The highest BCUT2D eigenvalue weighted by atomic mass is 16.7. The average molecular weight is 523 g/mol. The second-order valence-corrected chi connectivity index (χ2v) is 9.28. The summed E-state index contributed by atoms with van der Waals surface area (Å²) in [7, 11) is 1.57. The van der Waals surface area contributed by atoms with E-state index in [1.807, 2.05) is 54.6 Å². The molecule has 0 radical (unpaired) electrons. The molecule has 0 aliphatic carbocycles. The number of fused-ring (bicyclic) bond motifs is 1. The summed E-state index contributed by atoms with van der Waals surface area (Å²) < 4.78 is 27.8. The minimum atomic E-state index is -1.96. The van der Waals surface area contributed by atoms with E-state index in [9.17, 15) is 9.90 Å². The van der Waals surface area contributed by atoms with Crippen LogP contribution < -0.4 is 18.9 Å². The lowest BCUT2D eigenvalue weighted by molar-refractivity contribution is -0.185. The van der Waals surface area contributed by atoms with Crippen LogP contribution in [0.5, 0.6) is 23.0 Å². The van der Waals surface area contributed by atoms with Crippen LogP contribution in [0.2, 0.25) is 0 Å². The number of cyclic esters (lactones) is 1. The second-order valence-electron chi connectivity index (χ2n) is 9.28. The maximum atomic E-state index is 13.3. The minimum Gasteiger partial charge on any atom is -0.497 e. The van der Waals surface area contributed by atoms with E-state index < -0.39 is 11.8 Å². The van der Waals surface area contributed by atoms with E-state index >= 15 is 0 Å². The van der Waals surface area contributed by atoms with E-state index in [1.54, 1.807) is 49.6 Å². The zero-order chi connectivity index (χ0) is 26.8. The van der Waals surface area contributed by atoms with Crippen LogP contribution in [0.3, 0.4) is 0 Å². The van der Waals surface area contributed by atoms with Crippen molar-refractivity contribution in [3.05, 3.63) is 125 Å². The SMILES string of the molecule is COc1ccc(C2(O)OC(=O)C(c3ccc4c(c3)OCO4)=C2Cc2ccc(OCc3ccccc3)cc2)cc1.